The van der Waals surface area contributed by atoms with Gasteiger partial charge in [0.05, 0.1) is 6.04 Å². The SMILES string of the molecule is CCC1CCC(C(=O)N2CCCC(CNC(=O)C3CCCN3)C2)CC1. The molecule has 5 nitrogen and oxygen atoms in total. The van der Waals surface area contributed by atoms with Gasteiger partial charge in [0, 0.05) is 25.6 Å². The van der Waals surface area contributed by atoms with E-state index in [2.05, 4.69) is 22.5 Å². The lowest BCUT2D eigenvalue weighted by Gasteiger charge is -2.37. The van der Waals surface area contributed by atoms with Crippen LogP contribution in [0, 0.1) is 17.8 Å². The summed E-state index contributed by atoms with van der Waals surface area (Å²) in [6.07, 6.45) is 10.0. The normalized spacial score (nSPS) is 33.2. The van der Waals surface area contributed by atoms with E-state index in [0.29, 0.717) is 18.4 Å². The summed E-state index contributed by atoms with van der Waals surface area (Å²) in [5, 5.41) is 6.35. The van der Waals surface area contributed by atoms with Crippen molar-refractivity contribution in [2.75, 3.05) is 26.2 Å². The molecule has 2 aliphatic heterocycles. The number of rotatable bonds is 5. The van der Waals surface area contributed by atoms with Crippen molar-refractivity contribution in [2.24, 2.45) is 17.8 Å². The van der Waals surface area contributed by atoms with Crippen molar-refractivity contribution in [1.29, 1.82) is 0 Å². The average Bonchev–Trinajstić information content (AvgIpc) is 3.21. The Morgan fingerprint density at radius 3 is 2.52 bits per heavy atom. The van der Waals surface area contributed by atoms with Crippen LogP contribution in [-0.2, 0) is 9.59 Å². The van der Waals surface area contributed by atoms with Crippen molar-refractivity contribution in [3.05, 3.63) is 0 Å². The highest BCUT2D eigenvalue weighted by molar-refractivity contribution is 5.82. The maximum Gasteiger partial charge on any atom is 0.237 e. The van der Waals surface area contributed by atoms with Crippen LogP contribution in [-0.4, -0.2) is 48.9 Å². The van der Waals surface area contributed by atoms with Gasteiger partial charge in [-0.05, 0) is 69.7 Å². The molecule has 3 fully saturated rings. The van der Waals surface area contributed by atoms with Crippen molar-refractivity contribution >= 4 is 11.8 Å². The summed E-state index contributed by atoms with van der Waals surface area (Å²) in [5.74, 6) is 2.01. The third kappa shape index (κ3) is 4.96. The fraction of sp³-hybridized carbons (Fsp3) is 0.900. The van der Waals surface area contributed by atoms with E-state index >= 15 is 0 Å². The summed E-state index contributed by atoms with van der Waals surface area (Å²) in [4.78, 5) is 27.1. The molecule has 1 aliphatic carbocycles. The molecular formula is C20H35N3O2. The van der Waals surface area contributed by atoms with Crippen LogP contribution in [0.15, 0.2) is 0 Å². The third-order valence-corrected chi connectivity index (χ3v) is 6.55. The van der Waals surface area contributed by atoms with Crippen LogP contribution in [0.1, 0.15) is 64.7 Å². The molecule has 5 heteroatoms. The smallest absolute Gasteiger partial charge is 0.237 e. The Hall–Kier alpha value is -1.10. The Bertz CT molecular complexity index is 454. The number of likely N-dealkylation sites (tertiary alicyclic amines) is 1. The molecule has 2 atom stereocenters. The zero-order valence-electron chi connectivity index (χ0n) is 15.8. The van der Waals surface area contributed by atoms with Gasteiger partial charge in [0.25, 0.3) is 0 Å². The van der Waals surface area contributed by atoms with E-state index in [4.69, 9.17) is 0 Å². The minimum atomic E-state index is -0.00456. The zero-order chi connectivity index (χ0) is 17.6. The lowest BCUT2D eigenvalue weighted by Crippen LogP contribution is -2.48. The van der Waals surface area contributed by atoms with E-state index in [9.17, 15) is 9.59 Å². The van der Waals surface area contributed by atoms with Crippen LogP contribution in [0.5, 0.6) is 0 Å². The number of nitrogens with one attached hydrogen (secondary N) is 2. The molecule has 0 aromatic heterocycles. The van der Waals surface area contributed by atoms with Gasteiger partial charge in [-0.25, -0.2) is 0 Å². The molecule has 2 saturated heterocycles. The Morgan fingerprint density at radius 1 is 1.04 bits per heavy atom. The van der Waals surface area contributed by atoms with Crippen LogP contribution < -0.4 is 10.6 Å². The number of hydrogen-bond donors (Lipinski definition) is 2. The van der Waals surface area contributed by atoms with Gasteiger partial charge in [0.1, 0.15) is 0 Å². The van der Waals surface area contributed by atoms with Crippen LogP contribution >= 0.6 is 0 Å². The predicted octanol–water partition coefficient (Wildman–Crippen LogP) is 2.31. The molecule has 0 aromatic carbocycles. The van der Waals surface area contributed by atoms with Crippen molar-refractivity contribution < 1.29 is 9.59 Å². The molecule has 2 unspecified atom stereocenters. The summed E-state index contributed by atoms with van der Waals surface area (Å²) in [5.41, 5.74) is 0. The summed E-state index contributed by atoms with van der Waals surface area (Å²) < 4.78 is 0. The minimum absolute atomic E-state index is 0.00456. The second kappa shape index (κ2) is 9.02. The van der Waals surface area contributed by atoms with Crippen molar-refractivity contribution in [1.82, 2.24) is 15.5 Å². The molecule has 0 bridgehead atoms. The van der Waals surface area contributed by atoms with E-state index in [0.717, 1.165) is 64.1 Å². The number of nitrogens with zero attached hydrogens (tertiary/aromatic N) is 1. The maximum atomic E-state index is 12.9. The molecule has 3 aliphatic rings. The predicted molar refractivity (Wildman–Crippen MR) is 99.1 cm³/mol. The molecule has 2 amide bonds. The van der Waals surface area contributed by atoms with Crippen LogP contribution in [0.3, 0.4) is 0 Å². The fourth-order valence-electron chi connectivity index (χ4n) is 4.78. The Balaban J connectivity index is 1.42. The lowest BCUT2D eigenvalue weighted by molar-refractivity contribution is -0.138. The van der Waals surface area contributed by atoms with E-state index in [1.807, 2.05) is 0 Å². The molecule has 0 radical (unpaired) electrons. The van der Waals surface area contributed by atoms with E-state index in [1.54, 1.807) is 0 Å². The highest BCUT2D eigenvalue weighted by Crippen LogP contribution is 2.32. The fourth-order valence-corrected chi connectivity index (χ4v) is 4.78. The highest BCUT2D eigenvalue weighted by Gasteiger charge is 2.32. The largest absolute Gasteiger partial charge is 0.354 e. The first-order chi connectivity index (χ1) is 12.2. The molecule has 0 spiro atoms. The topological polar surface area (TPSA) is 61.4 Å². The van der Waals surface area contributed by atoms with Crippen LogP contribution in [0.4, 0.5) is 0 Å². The van der Waals surface area contributed by atoms with Crippen molar-refractivity contribution in [3.8, 4) is 0 Å². The zero-order valence-corrected chi connectivity index (χ0v) is 15.8. The van der Waals surface area contributed by atoms with Gasteiger partial charge in [0.2, 0.25) is 11.8 Å². The van der Waals surface area contributed by atoms with E-state index in [-0.39, 0.29) is 17.9 Å². The molecular weight excluding hydrogens is 314 g/mol. The summed E-state index contributed by atoms with van der Waals surface area (Å²) in [6, 6.07) is -0.00456. The quantitative estimate of drug-likeness (QED) is 0.801. The third-order valence-electron chi connectivity index (χ3n) is 6.55. The number of hydrogen-bond acceptors (Lipinski definition) is 3. The van der Waals surface area contributed by atoms with Gasteiger partial charge in [0.15, 0.2) is 0 Å². The Labute approximate surface area is 152 Å². The number of amides is 2. The number of carbonyl (C=O) groups is 2. The average molecular weight is 350 g/mol. The molecule has 142 valence electrons. The van der Waals surface area contributed by atoms with Gasteiger partial charge < -0.3 is 15.5 Å². The van der Waals surface area contributed by atoms with Gasteiger partial charge in [-0.1, -0.05) is 13.3 Å². The highest BCUT2D eigenvalue weighted by atomic mass is 16.2. The Morgan fingerprint density at radius 2 is 1.84 bits per heavy atom. The van der Waals surface area contributed by atoms with Crippen LogP contribution in [0.25, 0.3) is 0 Å². The van der Waals surface area contributed by atoms with E-state index < -0.39 is 0 Å². The molecule has 1 saturated carbocycles. The van der Waals surface area contributed by atoms with Gasteiger partial charge in [-0.3, -0.25) is 9.59 Å². The van der Waals surface area contributed by atoms with Gasteiger partial charge in [-0.15, -0.1) is 0 Å². The Kier molecular flexibility index (Phi) is 6.74. The van der Waals surface area contributed by atoms with Crippen molar-refractivity contribution in [2.45, 2.75) is 70.8 Å². The van der Waals surface area contributed by atoms with Gasteiger partial charge >= 0.3 is 0 Å². The summed E-state index contributed by atoms with van der Waals surface area (Å²) >= 11 is 0. The second-order valence-corrected chi connectivity index (χ2v) is 8.31. The second-order valence-electron chi connectivity index (χ2n) is 8.31. The first-order valence-corrected chi connectivity index (χ1v) is 10.5. The van der Waals surface area contributed by atoms with Crippen LogP contribution in [0.2, 0.25) is 0 Å². The number of piperidine rings is 1. The molecule has 3 rings (SSSR count). The maximum absolute atomic E-state index is 12.9. The van der Waals surface area contributed by atoms with E-state index in [1.165, 1.54) is 19.3 Å². The van der Waals surface area contributed by atoms with Crippen molar-refractivity contribution in [3.63, 3.8) is 0 Å². The summed E-state index contributed by atoms with van der Waals surface area (Å²) in [6.45, 7) is 5.65. The summed E-state index contributed by atoms with van der Waals surface area (Å²) in [7, 11) is 0. The monoisotopic (exact) mass is 349 g/mol. The molecule has 0 aromatic rings. The number of carbonyl (C=O) groups excluding carboxylic acids is 2. The minimum Gasteiger partial charge on any atom is -0.354 e. The first-order valence-electron chi connectivity index (χ1n) is 10.5. The molecule has 25 heavy (non-hydrogen) atoms. The first kappa shape index (κ1) is 18.7. The molecule has 2 heterocycles. The van der Waals surface area contributed by atoms with Gasteiger partial charge in [-0.2, -0.15) is 0 Å². The standard InChI is InChI=1S/C20H35N3O2/c1-2-15-7-9-17(10-8-15)20(25)23-12-4-5-16(14-23)13-22-19(24)18-6-3-11-21-18/h15-18,21H,2-14H2,1H3,(H,22,24). The lowest BCUT2D eigenvalue weighted by atomic mass is 9.80. The molecule has 2 N–H and O–H groups in total.